The third-order valence-corrected chi connectivity index (χ3v) is 5.23. The molecule has 0 radical (unpaired) electrons. The Morgan fingerprint density at radius 2 is 1.72 bits per heavy atom. The third kappa shape index (κ3) is 7.32. The molecule has 0 aromatic heterocycles. The van der Waals surface area contributed by atoms with Crippen molar-refractivity contribution in [2.75, 3.05) is 30.3 Å². The van der Waals surface area contributed by atoms with Gasteiger partial charge in [0.2, 0.25) is 21.8 Å². The fourth-order valence-electron chi connectivity index (χ4n) is 2.84. The van der Waals surface area contributed by atoms with E-state index in [4.69, 9.17) is 5.14 Å². The van der Waals surface area contributed by atoms with Crippen LogP contribution in [0.3, 0.4) is 0 Å². The number of benzene rings is 2. The molecule has 0 aliphatic carbocycles. The Bertz CT molecular complexity index is 1100. The smallest absolute Gasteiger partial charge is 0.238 e. The molecule has 174 valence electrons. The zero-order valence-corrected chi connectivity index (χ0v) is 18.0. The molecular weight excluding hydrogens is 449 g/mol. The normalized spacial score (nSPS) is 11.4. The minimum Gasteiger partial charge on any atom is -0.326 e. The van der Waals surface area contributed by atoms with Crippen molar-refractivity contribution < 1.29 is 31.2 Å². The van der Waals surface area contributed by atoms with Gasteiger partial charge >= 0.3 is 0 Å². The fraction of sp³-hybridized carbons (Fsp3) is 0.300. The maximum absolute atomic E-state index is 13.7. The molecule has 0 aliphatic heterocycles. The maximum Gasteiger partial charge on any atom is 0.238 e. The van der Waals surface area contributed by atoms with Crippen LogP contribution >= 0.6 is 0 Å². The van der Waals surface area contributed by atoms with Crippen molar-refractivity contribution in [3.05, 3.63) is 53.8 Å². The second-order valence-electron chi connectivity index (χ2n) is 6.92. The first-order chi connectivity index (χ1) is 15.0. The molecule has 32 heavy (non-hydrogen) atoms. The summed E-state index contributed by atoms with van der Waals surface area (Å²) in [5, 5.41) is 9.80. The molecular formula is C20H23F3N4O4S. The van der Waals surface area contributed by atoms with Crippen molar-refractivity contribution in [3.8, 4) is 0 Å². The Kier molecular flexibility index (Phi) is 8.75. The average molecular weight is 472 g/mol. The molecule has 12 heteroatoms. The summed E-state index contributed by atoms with van der Waals surface area (Å²) in [5.41, 5.74) is -0.243. The second-order valence-corrected chi connectivity index (χ2v) is 8.48. The number of sulfonamides is 1. The van der Waals surface area contributed by atoms with Crippen LogP contribution in [0.25, 0.3) is 0 Å². The highest BCUT2D eigenvalue weighted by Crippen LogP contribution is 2.19. The molecule has 0 heterocycles. The number of amides is 2. The van der Waals surface area contributed by atoms with Crippen molar-refractivity contribution in [2.45, 2.75) is 24.7 Å². The lowest BCUT2D eigenvalue weighted by Crippen LogP contribution is -2.36. The summed E-state index contributed by atoms with van der Waals surface area (Å²) in [6.45, 7) is 2.27. The SMILES string of the molecule is CCCN(CCC(=O)Nc1cccc(S(N)(=O)=O)c1)CC(=O)Nc1ccc(F)c(F)c1F. The molecule has 0 saturated heterocycles. The monoisotopic (exact) mass is 472 g/mol. The summed E-state index contributed by atoms with van der Waals surface area (Å²) >= 11 is 0. The molecule has 2 rings (SSSR count). The number of rotatable bonds is 10. The van der Waals surface area contributed by atoms with Crippen molar-refractivity contribution in [1.29, 1.82) is 0 Å². The van der Waals surface area contributed by atoms with Gasteiger partial charge in [-0.05, 0) is 43.3 Å². The summed E-state index contributed by atoms with van der Waals surface area (Å²) in [6.07, 6.45) is 0.636. The zero-order chi connectivity index (χ0) is 23.9. The van der Waals surface area contributed by atoms with Gasteiger partial charge in [0.1, 0.15) is 0 Å². The van der Waals surface area contributed by atoms with E-state index in [-0.39, 0.29) is 30.1 Å². The number of anilines is 2. The lowest BCUT2D eigenvalue weighted by Gasteiger charge is -2.21. The van der Waals surface area contributed by atoms with Crippen molar-refractivity contribution >= 4 is 33.2 Å². The third-order valence-electron chi connectivity index (χ3n) is 4.32. The average Bonchev–Trinajstić information content (AvgIpc) is 2.72. The van der Waals surface area contributed by atoms with Crippen LogP contribution in [0.2, 0.25) is 0 Å². The molecule has 0 saturated carbocycles. The van der Waals surface area contributed by atoms with Crippen LogP contribution < -0.4 is 15.8 Å². The van der Waals surface area contributed by atoms with Crippen molar-refractivity contribution in [3.63, 3.8) is 0 Å². The quantitative estimate of drug-likeness (QED) is 0.459. The van der Waals surface area contributed by atoms with Gasteiger partial charge in [-0.2, -0.15) is 0 Å². The first-order valence-corrected chi connectivity index (χ1v) is 11.1. The summed E-state index contributed by atoms with van der Waals surface area (Å²) in [6, 6.07) is 7.07. The van der Waals surface area contributed by atoms with Crippen molar-refractivity contribution in [2.24, 2.45) is 5.14 Å². The number of primary sulfonamides is 1. The fourth-order valence-corrected chi connectivity index (χ4v) is 3.39. The van der Waals surface area contributed by atoms with Gasteiger partial charge in [-0.3, -0.25) is 14.5 Å². The highest BCUT2D eigenvalue weighted by atomic mass is 32.2. The van der Waals surface area contributed by atoms with E-state index >= 15 is 0 Å². The topological polar surface area (TPSA) is 122 Å². The second kappa shape index (κ2) is 11.1. The Balaban J connectivity index is 1.93. The van der Waals surface area contributed by atoms with Gasteiger partial charge in [-0.15, -0.1) is 0 Å². The van der Waals surface area contributed by atoms with E-state index in [9.17, 15) is 31.2 Å². The van der Waals surface area contributed by atoms with Crippen LogP contribution in [0.4, 0.5) is 24.5 Å². The van der Waals surface area contributed by atoms with Crippen LogP contribution in [0.1, 0.15) is 19.8 Å². The van der Waals surface area contributed by atoms with Gasteiger partial charge in [0.15, 0.2) is 17.5 Å². The molecule has 0 aliphatic rings. The molecule has 0 atom stereocenters. The molecule has 2 amide bonds. The van der Waals surface area contributed by atoms with Gasteiger partial charge in [0, 0.05) is 18.7 Å². The first-order valence-electron chi connectivity index (χ1n) is 9.59. The molecule has 4 N–H and O–H groups in total. The summed E-state index contributed by atoms with van der Waals surface area (Å²) in [4.78, 5) is 25.9. The van der Waals surface area contributed by atoms with Crippen LogP contribution in [-0.2, 0) is 19.6 Å². The van der Waals surface area contributed by atoms with E-state index in [1.165, 1.54) is 24.3 Å². The van der Waals surface area contributed by atoms with E-state index in [0.29, 0.717) is 19.0 Å². The minimum absolute atomic E-state index is 0.0214. The lowest BCUT2D eigenvalue weighted by atomic mass is 10.2. The highest BCUT2D eigenvalue weighted by molar-refractivity contribution is 7.89. The number of halogens is 3. The van der Waals surface area contributed by atoms with Crippen molar-refractivity contribution in [1.82, 2.24) is 4.90 Å². The van der Waals surface area contributed by atoms with Crippen LogP contribution in [-0.4, -0.2) is 44.8 Å². The summed E-state index contributed by atoms with van der Waals surface area (Å²) < 4.78 is 62.9. The standard InChI is InChI=1S/C20H23F3N4O4S/c1-2-9-27(12-18(29)26-16-7-6-15(21)19(22)20(16)23)10-8-17(28)25-13-4-3-5-14(11-13)32(24,30)31/h3-7,11H,2,8-10,12H2,1H3,(H,25,28)(H,26,29)(H2,24,30,31). The highest BCUT2D eigenvalue weighted by Gasteiger charge is 2.17. The van der Waals surface area contributed by atoms with Gasteiger partial charge in [0.05, 0.1) is 17.1 Å². The molecule has 0 fully saturated rings. The number of hydrogen-bond acceptors (Lipinski definition) is 5. The number of nitrogens with zero attached hydrogens (tertiary/aromatic N) is 1. The van der Waals surface area contributed by atoms with Gasteiger partial charge in [-0.25, -0.2) is 26.7 Å². The van der Waals surface area contributed by atoms with Crippen LogP contribution in [0.15, 0.2) is 41.3 Å². The Labute approximate surface area is 183 Å². The Morgan fingerprint density at radius 3 is 2.38 bits per heavy atom. The van der Waals surface area contributed by atoms with E-state index in [1.54, 1.807) is 4.90 Å². The number of nitrogens with two attached hydrogens (primary N) is 1. The predicted molar refractivity (Wildman–Crippen MR) is 113 cm³/mol. The zero-order valence-electron chi connectivity index (χ0n) is 17.2. The Hall–Kier alpha value is -2.96. The van der Waals surface area contributed by atoms with E-state index in [2.05, 4.69) is 10.6 Å². The molecule has 0 unspecified atom stereocenters. The van der Waals surface area contributed by atoms with Gasteiger partial charge in [0.25, 0.3) is 0 Å². The number of hydrogen-bond donors (Lipinski definition) is 3. The number of carbonyl (C=O) groups is 2. The van der Waals surface area contributed by atoms with E-state index < -0.39 is 45.0 Å². The summed E-state index contributed by atoms with van der Waals surface area (Å²) in [5.74, 6) is -5.64. The van der Waals surface area contributed by atoms with E-state index in [0.717, 1.165) is 6.07 Å². The maximum atomic E-state index is 13.7. The molecule has 8 nitrogen and oxygen atoms in total. The van der Waals surface area contributed by atoms with E-state index in [1.807, 2.05) is 6.92 Å². The molecule has 2 aromatic carbocycles. The number of nitrogens with one attached hydrogen (secondary N) is 2. The Morgan fingerprint density at radius 1 is 1.00 bits per heavy atom. The number of carbonyl (C=O) groups excluding carboxylic acids is 2. The summed E-state index contributed by atoms with van der Waals surface area (Å²) in [7, 11) is -3.92. The predicted octanol–water partition coefficient (Wildman–Crippen LogP) is 2.43. The molecule has 0 spiro atoms. The molecule has 2 aromatic rings. The lowest BCUT2D eigenvalue weighted by molar-refractivity contribution is -0.119. The van der Waals surface area contributed by atoms with Crippen LogP contribution in [0.5, 0.6) is 0 Å². The minimum atomic E-state index is -3.92. The van der Waals surface area contributed by atoms with Gasteiger partial charge in [-0.1, -0.05) is 13.0 Å². The van der Waals surface area contributed by atoms with Crippen LogP contribution in [0, 0.1) is 17.5 Å². The molecule has 0 bridgehead atoms. The van der Waals surface area contributed by atoms with Gasteiger partial charge < -0.3 is 10.6 Å². The first kappa shape index (κ1) is 25.3. The largest absolute Gasteiger partial charge is 0.326 e.